The maximum Gasteiger partial charge on any atom is 2.00 e. The summed E-state index contributed by atoms with van der Waals surface area (Å²) in [6.45, 7) is 0. The molecule has 0 unspecified atom stereocenters. The second-order valence-electron chi connectivity index (χ2n) is 12.1. The van der Waals surface area contributed by atoms with Gasteiger partial charge in [0.05, 0.1) is 23.3 Å². The van der Waals surface area contributed by atoms with Crippen molar-refractivity contribution in [2.75, 3.05) is 0 Å². The van der Waals surface area contributed by atoms with Gasteiger partial charge >= 0.3 is 17.1 Å². The van der Waals surface area contributed by atoms with Crippen LogP contribution in [-0.4, -0.2) is 29.9 Å². The van der Waals surface area contributed by atoms with E-state index in [9.17, 15) is 0 Å². The van der Waals surface area contributed by atoms with Gasteiger partial charge in [0.15, 0.2) is 0 Å². The van der Waals surface area contributed by atoms with E-state index < -0.39 is 0 Å². The molecule has 0 fully saturated rings. The van der Waals surface area contributed by atoms with E-state index in [4.69, 9.17) is 39.9 Å². The van der Waals surface area contributed by atoms with Crippen LogP contribution in [0.2, 0.25) is 0 Å². The molecule has 8 bridgehead atoms. The Labute approximate surface area is 288 Å². The van der Waals surface area contributed by atoms with Crippen LogP contribution in [-0.2, 0) is 17.1 Å². The first-order valence-corrected chi connectivity index (χ1v) is 15.7. The molecule has 0 amide bonds. The van der Waals surface area contributed by atoms with Crippen LogP contribution in [0.4, 0.5) is 0 Å². The fourth-order valence-corrected chi connectivity index (χ4v) is 6.93. The second kappa shape index (κ2) is 10.4. The topological polar surface area (TPSA) is 106 Å². The van der Waals surface area contributed by atoms with Crippen molar-refractivity contribution in [3.05, 3.63) is 121 Å². The van der Waals surface area contributed by atoms with Crippen molar-refractivity contribution >= 4 is 65.7 Å². The summed E-state index contributed by atoms with van der Waals surface area (Å²) in [5.74, 6) is 2.17. The quantitative estimate of drug-likeness (QED) is 0.148. The SMILES string of the molecule is [Cu+2].c1ccc2c(c1)-c1nc-2nc2[n-]c(nc3nc(nc4[n-]c(n1)c1cc5ccccc5cc41)-c1ccccc1-3)c1cc3ccccc3cc21. The number of fused-ring (bicyclic) bond motifs is 22. The molecule has 9 aromatic rings. The molecule has 2 aliphatic heterocycles. The summed E-state index contributed by atoms with van der Waals surface area (Å²) < 4.78 is 0. The number of hydrogen-bond donors (Lipinski definition) is 0. The molecule has 2 aliphatic rings. The predicted octanol–water partition coefficient (Wildman–Crippen LogP) is 8.43. The summed E-state index contributed by atoms with van der Waals surface area (Å²) in [5.41, 5.74) is 5.71. The van der Waals surface area contributed by atoms with Crippen LogP contribution in [0.25, 0.3) is 111 Å². The van der Waals surface area contributed by atoms with E-state index in [0.29, 0.717) is 45.9 Å². The fourth-order valence-electron chi connectivity index (χ4n) is 6.93. The van der Waals surface area contributed by atoms with E-state index in [2.05, 4.69) is 48.5 Å². The first-order valence-electron chi connectivity index (χ1n) is 15.7. The van der Waals surface area contributed by atoms with Crippen LogP contribution in [0, 0.1) is 0 Å². The molecule has 0 N–H and O–H groups in total. The van der Waals surface area contributed by atoms with Crippen LogP contribution in [0.1, 0.15) is 0 Å². The minimum atomic E-state index is 0. The number of aromatic nitrogens is 8. The summed E-state index contributed by atoms with van der Waals surface area (Å²) >= 11 is 0. The van der Waals surface area contributed by atoms with Gasteiger partial charge in [-0.1, -0.05) is 97.1 Å². The van der Waals surface area contributed by atoms with Crippen molar-refractivity contribution in [2.24, 2.45) is 0 Å². The first-order chi connectivity index (χ1) is 23.7. The van der Waals surface area contributed by atoms with Gasteiger partial charge in [-0.3, -0.25) is 0 Å². The van der Waals surface area contributed by atoms with Gasteiger partial charge in [0.25, 0.3) is 0 Å². The van der Waals surface area contributed by atoms with Crippen molar-refractivity contribution < 1.29 is 17.1 Å². The summed E-state index contributed by atoms with van der Waals surface area (Å²) in [4.78, 5) is 40.4. The maximum atomic E-state index is 5.10. The van der Waals surface area contributed by atoms with Crippen LogP contribution in [0.3, 0.4) is 0 Å². The van der Waals surface area contributed by atoms with Gasteiger partial charge < -0.3 is 29.9 Å². The van der Waals surface area contributed by atoms with Gasteiger partial charge in [0, 0.05) is 44.8 Å². The molecular weight excluding hydrogens is 656 g/mol. The summed E-state index contributed by atoms with van der Waals surface area (Å²) in [6.07, 6.45) is 0. The zero-order chi connectivity index (χ0) is 31.3. The third-order valence-electron chi connectivity index (χ3n) is 9.25. The Morgan fingerprint density at radius 2 is 0.551 bits per heavy atom. The molecule has 0 aliphatic carbocycles. The third-order valence-corrected chi connectivity index (χ3v) is 9.25. The molecule has 8 nitrogen and oxygen atoms in total. The molecule has 49 heavy (non-hydrogen) atoms. The van der Waals surface area contributed by atoms with Crippen molar-refractivity contribution in [1.29, 1.82) is 0 Å². The second-order valence-corrected chi connectivity index (χ2v) is 12.1. The molecule has 0 atom stereocenters. The summed E-state index contributed by atoms with van der Waals surface area (Å²) in [7, 11) is 0. The molecule has 231 valence electrons. The average molecular weight is 676 g/mol. The molecule has 0 saturated carbocycles. The van der Waals surface area contributed by atoms with E-state index in [0.717, 1.165) is 65.3 Å². The monoisotopic (exact) mass is 675 g/mol. The van der Waals surface area contributed by atoms with Gasteiger partial charge in [-0.2, -0.15) is 0 Å². The number of hydrogen-bond acceptors (Lipinski definition) is 6. The third kappa shape index (κ3) is 4.16. The van der Waals surface area contributed by atoms with E-state index in [1.807, 2.05) is 72.8 Å². The Hall–Kier alpha value is -6.28. The predicted molar refractivity (Wildman–Crippen MR) is 189 cm³/mol. The largest absolute Gasteiger partial charge is 2.00 e. The molecule has 1 radical (unpaired) electrons. The van der Waals surface area contributed by atoms with E-state index in [-0.39, 0.29) is 17.1 Å². The van der Waals surface area contributed by atoms with Crippen molar-refractivity contribution in [3.63, 3.8) is 0 Å². The molecule has 5 heterocycles. The van der Waals surface area contributed by atoms with Crippen molar-refractivity contribution in [1.82, 2.24) is 39.9 Å². The van der Waals surface area contributed by atoms with Crippen LogP contribution in [0.5, 0.6) is 0 Å². The van der Waals surface area contributed by atoms with Gasteiger partial charge in [-0.15, -0.1) is 0 Å². The molecule has 0 spiro atoms. The Bertz CT molecular complexity index is 2630. The standard InChI is InChI=1S/C40H20N8.Cu/c1-2-10-22-18-30-29(17-21(22)9-1)37-43-33-25-13-5-6-14-26(25)35(41-33)45-39-31-19-23-11-3-4-12-24(23)20-32(31)40(48-39)46-36-28-16-8-7-15-27(28)34(42-36)44-38(30)47-37;/h1-20H;/q-2;+2. The van der Waals surface area contributed by atoms with Crippen LogP contribution < -0.4 is 9.97 Å². The number of nitrogens with zero attached hydrogens (tertiary/aromatic N) is 8. The zero-order valence-corrected chi connectivity index (χ0v) is 26.4. The minimum Gasteiger partial charge on any atom is -0.357 e. The molecule has 11 rings (SSSR count). The van der Waals surface area contributed by atoms with E-state index >= 15 is 0 Å². The average Bonchev–Trinajstić information content (AvgIpc) is 3.85. The van der Waals surface area contributed by atoms with Gasteiger partial charge in [-0.25, -0.2) is 9.97 Å². The van der Waals surface area contributed by atoms with E-state index in [1.165, 1.54) is 0 Å². The first kappa shape index (κ1) is 27.8. The van der Waals surface area contributed by atoms with Gasteiger partial charge in [0.2, 0.25) is 0 Å². The van der Waals surface area contributed by atoms with Crippen LogP contribution >= 0.6 is 0 Å². The Kier molecular flexibility index (Phi) is 5.88. The Morgan fingerprint density at radius 1 is 0.306 bits per heavy atom. The van der Waals surface area contributed by atoms with Crippen LogP contribution in [0.15, 0.2) is 121 Å². The molecule has 6 aromatic carbocycles. The normalized spacial score (nSPS) is 11.9. The Morgan fingerprint density at radius 3 is 0.816 bits per heavy atom. The number of benzene rings is 6. The summed E-state index contributed by atoms with van der Waals surface area (Å²) in [6, 6.07) is 41.1. The maximum absolute atomic E-state index is 5.10. The van der Waals surface area contributed by atoms with Gasteiger partial charge in [-0.05, 0) is 67.4 Å². The molecule has 9 heteroatoms. The summed E-state index contributed by atoms with van der Waals surface area (Å²) in [5, 5.41) is 7.95. The molecular formula is C40H20CuN8. The minimum absolute atomic E-state index is 0. The van der Waals surface area contributed by atoms with Gasteiger partial charge in [0.1, 0.15) is 0 Å². The molecule has 3 aromatic heterocycles. The smallest absolute Gasteiger partial charge is 0.357 e. The van der Waals surface area contributed by atoms with Crippen molar-refractivity contribution in [2.45, 2.75) is 0 Å². The Balaban J connectivity index is 0.00000306. The fraction of sp³-hybridized carbons (Fsp3) is 0. The van der Waals surface area contributed by atoms with E-state index in [1.54, 1.807) is 0 Å². The molecule has 0 saturated heterocycles. The zero-order valence-electron chi connectivity index (χ0n) is 25.4. The van der Waals surface area contributed by atoms with Crippen molar-refractivity contribution in [3.8, 4) is 45.6 Å². The number of rotatable bonds is 0.